The van der Waals surface area contributed by atoms with Crippen molar-refractivity contribution >= 4 is 50.5 Å². The van der Waals surface area contributed by atoms with Crippen LogP contribution in [0.5, 0.6) is 11.5 Å². The Balaban J connectivity index is 1.83. The van der Waals surface area contributed by atoms with Gasteiger partial charge in [0, 0.05) is 23.0 Å². The number of pyridine rings is 1. The highest BCUT2D eigenvalue weighted by atomic mass is 35.5. The van der Waals surface area contributed by atoms with Crippen molar-refractivity contribution in [3.05, 3.63) is 75.5 Å². The lowest BCUT2D eigenvalue weighted by molar-refractivity contribution is 0.476. The Labute approximate surface area is 171 Å². The van der Waals surface area contributed by atoms with Gasteiger partial charge in [0.15, 0.2) is 0 Å². The minimum atomic E-state index is -3.86. The van der Waals surface area contributed by atoms with Gasteiger partial charge in [0.2, 0.25) is 0 Å². The molecular weight excluding hydrogens is 431 g/mol. The number of nitrogens with one attached hydrogen (secondary N) is 1. The first-order chi connectivity index (χ1) is 12.7. The summed E-state index contributed by atoms with van der Waals surface area (Å²) >= 11 is 17.7. The fourth-order valence-corrected chi connectivity index (χ4v) is 4.29. The molecule has 140 valence electrons. The van der Waals surface area contributed by atoms with Gasteiger partial charge in [-0.2, -0.15) is 0 Å². The second-order valence-corrected chi connectivity index (χ2v) is 8.53. The molecule has 0 spiro atoms. The largest absolute Gasteiger partial charge is 0.455 e. The van der Waals surface area contributed by atoms with Crippen molar-refractivity contribution in [1.82, 2.24) is 4.98 Å². The van der Waals surface area contributed by atoms with Crippen LogP contribution < -0.4 is 9.46 Å². The van der Waals surface area contributed by atoms with Crippen LogP contribution >= 0.6 is 34.8 Å². The van der Waals surface area contributed by atoms with Gasteiger partial charge >= 0.3 is 0 Å². The summed E-state index contributed by atoms with van der Waals surface area (Å²) < 4.78 is 33.4. The first-order valence-electron chi connectivity index (χ1n) is 7.61. The van der Waals surface area contributed by atoms with Crippen molar-refractivity contribution in [2.45, 2.75) is 11.8 Å². The van der Waals surface area contributed by atoms with Crippen LogP contribution in [0.1, 0.15) is 5.56 Å². The third kappa shape index (κ3) is 4.84. The van der Waals surface area contributed by atoms with E-state index in [0.29, 0.717) is 27.2 Å². The third-order valence-electron chi connectivity index (χ3n) is 3.52. The number of hydrogen-bond acceptors (Lipinski definition) is 4. The summed E-state index contributed by atoms with van der Waals surface area (Å²) in [6, 6.07) is 10.7. The average molecular weight is 444 g/mol. The van der Waals surface area contributed by atoms with Gasteiger partial charge in [-0.15, -0.1) is 0 Å². The molecule has 0 aliphatic rings. The molecule has 0 radical (unpaired) electrons. The molecular formula is C18H13Cl3N2O3S. The van der Waals surface area contributed by atoms with Crippen LogP contribution in [0.15, 0.2) is 59.8 Å². The number of sulfonamides is 1. The highest BCUT2D eigenvalue weighted by Gasteiger charge is 2.18. The molecule has 0 aliphatic heterocycles. The topological polar surface area (TPSA) is 68.3 Å². The van der Waals surface area contributed by atoms with Gasteiger partial charge < -0.3 is 4.74 Å². The molecule has 0 saturated heterocycles. The van der Waals surface area contributed by atoms with E-state index < -0.39 is 10.0 Å². The lowest BCUT2D eigenvalue weighted by atomic mass is 10.2. The molecule has 3 rings (SSSR count). The van der Waals surface area contributed by atoms with Gasteiger partial charge in [0.05, 0.1) is 16.2 Å². The number of ether oxygens (including phenoxy) is 1. The van der Waals surface area contributed by atoms with E-state index in [9.17, 15) is 8.42 Å². The van der Waals surface area contributed by atoms with E-state index in [1.54, 1.807) is 31.2 Å². The van der Waals surface area contributed by atoms with E-state index in [2.05, 4.69) is 9.71 Å². The number of aromatic nitrogens is 1. The predicted molar refractivity (Wildman–Crippen MR) is 108 cm³/mol. The van der Waals surface area contributed by atoms with Crippen molar-refractivity contribution in [3.8, 4) is 11.5 Å². The summed E-state index contributed by atoms with van der Waals surface area (Å²) in [5.41, 5.74) is 1.09. The van der Waals surface area contributed by atoms with Crippen molar-refractivity contribution in [2.24, 2.45) is 0 Å². The van der Waals surface area contributed by atoms with E-state index in [0.717, 1.165) is 5.56 Å². The smallest absolute Gasteiger partial charge is 0.263 e. The predicted octanol–water partition coefficient (Wildman–Crippen LogP) is 5.94. The molecule has 0 aliphatic carbocycles. The number of halogens is 3. The highest BCUT2D eigenvalue weighted by Crippen LogP contribution is 2.30. The van der Waals surface area contributed by atoms with Gasteiger partial charge in [-0.1, -0.05) is 34.8 Å². The Morgan fingerprint density at radius 1 is 0.963 bits per heavy atom. The molecule has 2 aromatic carbocycles. The zero-order chi connectivity index (χ0) is 19.6. The molecule has 0 bridgehead atoms. The number of aryl methyl sites for hydroxylation is 1. The molecule has 0 amide bonds. The molecule has 0 atom stereocenters. The number of hydrogen-bond donors (Lipinski definition) is 1. The molecule has 0 saturated carbocycles. The van der Waals surface area contributed by atoms with Crippen LogP contribution in [0.25, 0.3) is 0 Å². The van der Waals surface area contributed by atoms with Crippen molar-refractivity contribution in [1.29, 1.82) is 0 Å². The summed E-state index contributed by atoms with van der Waals surface area (Å²) in [6.45, 7) is 1.79. The summed E-state index contributed by atoms with van der Waals surface area (Å²) in [4.78, 5) is 3.89. The Kier molecular flexibility index (Phi) is 5.81. The molecule has 0 fully saturated rings. The monoisotopic (exact) mass is 442 g/mol. The van der Waals surface area contributed by atoms with Crippen molar-refractivity contribution in [3.63, 3.8) is 0 Å². The van der Waals surface area contributed by atoms with Crippen molar-refractivity contribution < 1.29 is 13.2 Å². The van der Waals surface area contributed by atoms with Crippen LogP contribution in [0.4, 0.5) is 5.69 Å². The Morgan fingerprint density at radius 2 is 1.74 bits per heavy atom. The van der Waals surface area contributed by atoms with E-state index in [4.69, 9.17) is 39.5 Å². The van der Waals surface area contributed by atoms with E-state index in [1.165, 1.54) is 30.6 Å². The lowest BCUT2D eigenvalue weighted by Crippen LogP contribution is -2.13. The van der Waals surface area contributed by atoms with Crippen LogP contribution in [-0.4, -0.2) is 13.4 Å². The van der Waals surface area contributed by atoms with Gasteiger partial charge in [-0.25, -0.2) is 8.42 Å². The fraction of sp³-hybridized carbons (Fsp3) is 0.0556. The van der Waals surface area contributed by atoms with Gasteiger partial charge in [-0.05, 0) is 48.9 Å². The molecule has 27 heavy (non-hydrogen) atoms. The number of anilines is 1. The molecule has 3 aromatic rings. The maximum Gasteiger partial charge on any atom is 0.263 e. The SMILES string of the molecule is Cc1cc(NS(=O)(=O)c2ccc(Cl)cc2Cl)ccc1Oc1cncc(Cl)c1. The standard InChI is InChI=1S/C18H13Cl3N2O3S/c1-11-6-14(3-4-17(11)26-15-7-13(20)9-22-10-15)23-27(24,25)18-5-2-12(19)8-16(18)21/h2-10,23H,1H3. The van der Waals surface area contributed by atoms with E-state index >= 15 is 0 Å². The Morgan fingerprint density at radius 3 is 2.41 bits per heavy atom. The molecule has 1 aromatic heterocycles. The molecule has 0 unspecified atom stereocenters. The zero-order valence-corrected chi connectivity index (χ0v) is 17.0. The van der Waals surface area contributed by atoms with Gasteiger partial charge in [0.25, 0.3) is 10.0 Å². The second-order valence-electron chi connectivity index (χ2n) is 5.60. The fourth-order valence-electron chi connectivity index (χ4n) is 2.31. The molecule has 5 nitrogen and oxygen atoms in total. The number of benzene rings is 2. The van der Waals surface area contributed by atoms with E-state index in [1.807, 2.05) is 0 Å². The van der Waals surface area contributed by atoms with Crippen LogP contribution in [0.3, 0.4) is 0 Å². The minimum absolute atomic E-state index is 0.0418. The van der Waals surface area contributed by atoms with Crippen LogP contribution in [0.2, 0.25) is 15.1 Å². The summed E-state index contributed by atoms with van der Waals surface area (Å²) in [7, 11) is -3.86. The van der Waals surface area contributed by atoms with Gasteiger partial charge in [-0.3, -0.25) is 9.71 Å². The summed E-state index contributed by atoms with van der Waals surface area (Å²) in [6.07, 6.45) is 3.03. The maximum atomic E-state index is 12.6. The Hall–Kier alpha value is -1.99. The minimum Gasteiger partial charge on any atom is -0.455 e. The van der Waals surface area contributed by atoms with E-state index in [-0.39, 0.29) is 9.92 Å². The maximum absolute atomic E-state index is 12.6. The first kappa shape index (κ1) is 19.8. The Bertz CT molecular complexity index is 1100. The normalized spacial score (nSPS) is 11.3. The summed E-state index contributed by atoms with van der Waals surface area (Å²) in [5, 5.41) is 0.848. The zero-order valence-electron chi connectivity index (χ0n) is 13.9. The van der Waals surface area contributed by atoms with Crippen LogP contribution in [-0.2, 0) is 10.0 Å². The molecule has 9 heteroatoms. The third-order valence-corrected chi connectivity index (χ3v) is 5.82. The first-order valence-corrected chi connectivity index (χ1v) is 10.2. The molecule has 1 heterocycles. The number of nitrogens with zero attached hydrogens (tertiary/aromatic N) is 1. The van der Waals surface area contributed by atoms with Gasteiger partial charge in [0.1, 0.15) is 16.4 Å². The van der Waals surface area contributed by atoms with Crippen LogP contribution in [0, 0.1) is 6.92 Å². The molecule has 1 N–H and O–H groups in total. The number of rotatable bonds is 5. The average Bonchev–Trinajstić information content (AvgIpc) is 2.56. The highest BCUT2D eigenvalue weighted by molar-refractivity contribution is 7.92. The second kappa shape index (κ2) is 7.94. The lowest BCUT2D eigenvalue weighted by Gasteiger charge is -2.13. The summed E-state index contributed by atoms with van der Waals surface area (Å²) in [5.74, 6) is 1.03. The van der Waals surface area contributed by atoms with Crippen molar-refractivity contribution in [2.75, 3.05) is 4.72 Å². The quantitative estimate of drug-likeness (QED) is 0.529.